The van der Waals surface area contributed by atoms with Crippen molar-refractivity contribution in [1.82, 2.24) is 4.90 Å². The van der Waals surface area contributed by atoms with Gasteiger partial charge in [-0.05, 0) is 25.0 Å². The van der Waals surface area contributed by atoms with Gasteiger partial charge in [-0.15, -0.1) is 0 Å². The molecular weight excluding hydrogens is 312 g/mol. The first-order valence-corrected chi connectivity index (χ1v) is 8.09. The molecule has 1 amide bonds. The Hall–Kier alpha value is -2.25. The van der Waals surface area contributed by atoms with Gasteiger partial charge in [-0.25, -0.2) is 0 Å². The molecule has 2 saturated heterocycles. The van der Waals surface area contributed by atoms with Crippen molar-refractivity contribution in [2.24, 2.45) is 5.92 Å². The number of para-hydroxylation sites is 1. The first kappa shape index (κ1) is 16.6. The monoisotopic (exact) mass is 332 g/mol. The first-order valence-electron chi connectivity index (χ1n) is 8.09. The van der Waals surface area contributed by atoms with Gasteiger partial charge in [0.2, 0.25) is 5.91 Å². The van der Waals surface area contributed by atoms with E-state index in [-0.39, 0.29) is 23.8 Å². The third-order valence-electron chi connectivity index (χ3n) is 4.34. The van der Waals surface area contributed by atoms with Crippen LogP contribution in [0.3, 0.4) is 0 Å². The van der Waals surface area contributed by atoms with Gasteiger partial charge in [0, 0.05) is 31.1 Å². The molecule has 2 aliphatic rings. The molecule has 1 aromatic rings. The molecule has 0 saturated carbocycles. The van der Waals surface area contributed by atoms with Crippen molar-refractivity contribution in [2.45, 2.75) is 19.1 Å². The second-order valence-electron chi connectivity index (χ2n) is 5.95. The third-order valence-corrected chi connectivity index (χ3v) is 4.34. The minimum atomic E-state index is -0.449. The van der Waals surface area contributed by atoms with Crippen molar-refractivity contribution in [1.29, 1.82) is 0 Å². The van der Waals surface area contributed by atoms with Gasteiger partial charge in [0.1, 0.15) is 0 Å². The zero-order chi connectivity index (χ0) is 16.9. The van der Waals surface area contributed by atoms with E-state index in [0.717, 1.165) is 12.8 Å². The highest BCUT2D eigenvalue weighted by Gasteiger charge is 2.32. The van der Waals surface area contributed by atoms with E-state index in [0.29, 0.717) is 31.9 Å². The molecule has 0 radical (unpaired) electrons. The van der Waals surface area contributed by atoms with Crippen LogP contribution in [0.4, 0.5) is 5.69 Å². The fourth-order valence-electron chi connectivity index (χ4n) is 3.14. The largest absolute Gasteiger partial charge is 0.350 e. The van der Waals surface area contributed by atoms with Gasteiger partial charge in [-0.2, -0.15) is 0 Å². The van der Waals surface area contributed by atoms with Crippen LogP contribution in [0, 0.1) is 16.0 Å². The van der Waals surface area contributed by atoms with Crippen LogP contribution in [-0.4, -0.2) is 48.3 Å². The molecule has 24 heavy (non-hydrogen) atoms. The Morgan fingerprint density at radius 3 is 2.79 bits per heavy atom. The molecule has 128 valence electrons. The molecule has 2 heterocycles. The number of hydrogen-bond acceptors (Lipinski definition) is 5. The average Bonchev–Trinajstić information content (AvgIpc) is 3.14. The standard InChI is InChI=1S/C17H20N2O5/c20-16(8-7-13-4-1-2-6-15(13)19(21)22)18-9-3-5-14(12-18)17-23-10-11-24-17/h1-2,4,6-8,14,17H,3,5,9-12H2. The van der Waals surface area contributed by atoms with Gasteiger partial charge in [0.15, 0.2) is 6.29 Å². The van der Waals surface area contributed by atoms with Crippen molar-refractivity contribution in [3.63, 3.8) is 0 Å². The molecule has 7 heteroatoms. The van der Waals surface area contributed by atoms with E-state index in [1.54, 1.807) is 23.1 Å². The Bertz CT molecular complexity index is 640. The number of likely N-dealkylation sites (tertiary alicyclic amines) is 1. The van der Waals surface area contributed by atoms with E-state index in [1.165, 1.54) is 18.2 Å². The molecule has 0 aromatic heterocycles. The van der Waals surface area contributed by atoms with Crippen molar-refractivity contribution in [3.8, 4) is 0 Å². The molecule has 0 spiro atoms. The van der Waals surface area contributed by atoms with Crippen molar-refractivity contribution < 1.29 is 19.2 Å². The number of benzene rings is 1. The molecule has 1 atom stereocenters. The number of nitro groups is 1. The topological polar surface area (TPSA) is 81.9 Å². The molecule has 0 bridgehead atoms. The number of nitro benzene ring substituents is 1. The Balaban J connectivity index is 1.65. The average molecular weight is 332 g/mol. The highest BCUT2D eigenvalue weighted by Crippen LogP contribution is 2.25. The summed E-state index contributed by atoms with van der Waals surface area (Å²) in [5, 5.41) is 11.0. The van der Waals surface area contributed by atoms with Crippen molar-refractivity contribution in [3.05, 3.63) is 46.0 Å². The van der Waals surface area contributed by atoms with E-state index < -0.39 is 4.92 Å². The smallest absolute Gasteiger partial charge is 0.276 e. The Labute approximate surface area is 140 Å². The second-order valence-corrected chi connectivity index (χ2v) is 5.95. The predicted octanol–water partition coefficient (Wildman–Crippen LogP) is 2.22. The zero-order valence-corrected chi connectivity index (χ0v) is 13.3. The maximum absolute atomic E-state index is 12.4. The van der Waals surface area contributed by atoms with Gasteiger partial charge in [-0.1, -0.05) is 12.1 Å². The lowest BCUT2D eigenvalue weighted by atomic mass is 9.97. The minimum Gasteiger partial charge on any atom is -0.350 e. The fourth-order valence-corrected chi connectivity index (χ4v) is 3.14. The van der Waals surface area contributed by atoms with Crippen LogP contribution < -0.4 is 0 Å². The molecule has 1 aromatic carbocycles. The first-order chi connectivity index (χ1) is 11.6. The van der Waals surface area contributed by atoms with Gasteiger partial charge in [0.05, 0.1) is 23.7 Å². The summed E-state index contributed by atoms with van der Waals surface area (Å²) in [6.07, 6.45) is 4.56. The Kier molecular flexibility index (Phi) is 5.22. The second kappa shape index (κ2) is 7.55. The lowest BCUT2D eigenvalue weighted by Crippen LogP contribution is -2.43. The number of carbonyl (C=O) groups is 1. The van der Waals surface area contributed by atoms with Gasteiger partial charge >= 0.3 is 0 Å². The molecule has 7 nitrogen and oxygen atoms in total. The summed E-state index contributed by atoms with van der Waals surface area (Å²) in [4.78, 5) is 24.7. The number of carbonyl (C=O) groups excluding carboxylic acids is 1. The van der Waals surface area contributed by atoms with Crippen LogP contribution in [0.25, 0.3) is 6.08 Å². The summed E-state index contributed by atoms with van der Waals surface area (Å²) in [7, 11) is 0. The molecule has 0 aliphatic carbocycles. The summed E-state index contributed by atoms with van der Waals surface area (Å²) < 4.78 is 11.1. The minimum absolute atomic E-state index is 0.00849. The molecule has 2 aliphatic heterocycles. The normalized spacial score (nSPS) is 22.2. The van der Waals surface area contributed by atoms with E-state index in [1.807, 2.05) is 0 Å². The van der Waals surface area contributed by atoms with Crippen LogP contribution in [0.2, 0.25) is 0 Å². The Morgan fingerprint density at radius 2 is 2.04 bits per heavy atom. The summed E-state index contributed by atoms with van der Waals surface area (Å²) in [5.74, 6) is 0.0421. The van der Waals surface area contributed by atoms with Gasteiger partial charge < -0.3 is 14.4 Å². The molecular formula is C17H20N2O5. The van der Waals surface area contributed by atoms with Crippen LogP contribution in [-0.2, 0) is 14.3 Å². The Morgan fingerprint density at radius 1 is 1.29 bits per heavy atom. The lowest BCUT2D eigenvalue weighted by molar-refractivity contribution is -0.385. The van der Waals surface area contributed by atoms with Gasteiger partial charge in [0.25, 0.3) is 5.69 Å². The lowest BCUT2D eigenvalue weighted by Gasteiger charge is -2.34. The quantitative estimate of drug-likeness (QED) is 0.480. The predicted molar refractivity (Wildman–Crippen MR) is 87.1 cm³/mol. The molecule has 0 N–H and O–H groups in total. The third kappa shape index (κ3) is 3.80. The summed E-state index contributed by atoms with van der Waals surface area (Å²) in [6, 6.07) is 6.37. The maximum atomic E-state index is 12.4. The zero-order valence-electron chi connectivity index (χ0n) is 13.3. The number of amides is 1. The summed E-state index contributed by atoms with van der Waals surface area (Å²) in [6.45, 7) is 2.48. The highest BCUT2D eigenvalue weighted by molar-refractivity contribution is 5.92. The van der Waals surface area contributed by atoms with Crippen LogP contribution in [0.5, 0.6) is 0 Å². The number of hydrogen-bond donors (Lipinski definition) is 0. The maximum Gasteiger partial charge on any atom is 0.276 e. The SMILES string of the molecule is O=C(C=Cc1ccccc1[N+](=O)[O-])N1CCCC(C2OCCO2)C1. The van der Waals surface area contributed by atoms with E-state index in [2.05, 4.69) is 0 Å². The number of ether oxygens (including phenoxy) is 2. The van der Waals surface area contributed by atoms with Gasteiger partial charge in [-0.3, -0.25) is 14.9 Å². The van der Waals surface area contributed by atoms with E-state index in [9.17, 15) is 14.9 Å². The molecule has 1 unspecified atom stereocenters. The number of piperidine rings is 1. The highest BCUT2D eigenvalue weighted by atomic mass is 16.7. The van der Waals surface area contributed by atoms with Crippen molar-refractivity contribution in [2.75, 3.05) is 26.3 Å². The molecule has 3 rings (SSSR count). The van der Waals surface area contributed by atoms with E-state index in [4.69, 9.17) is 9.47 Å². The summed E-state index contributed by atoms with van der Waals surface area (Å²) >= 11 is 0. The van der Waals surface area contributed by atoms with Crippen LogP contribution in [0.1, 0.15) is 18.4 Å². The van der Waals surface area contributed by atoms with Crippen LogP contribution in [0.15, 0.2) is 30.3 Å². The van der Waals surface area contributed by atoms with Crippen LogP contribution >= 0.6 is 0 Å². The van der Waals surface area contributed by atoms with Crippen molar-refractivity contribution >= 4 is 17.7 Å². The van der Waals surface area contributed by atoms with E-state index >= 15 is 0 Å². The fraction of sp³-hybridized carbons (Fsp3) is 0.471. The number of nitrogens with zero attached hydrogens (tertiary/aromatic N) is 2. The number of rotatable bonds is 4. The molecule has 2 fully saturated rings. The summed E-state index contributed by atoms with van der Waals surface area (Å²) in [5.41, 5.74) is 0.415.